The number of carbonyl (C=O) groups excluding carboxylic acids is 1. The summed E-state index contributed by atoms with van der Waals surface area (Å²) in [6.45, 7) is 6.90. The molecule has 1 amide bonds. The lowest BCUT2D eigenvalue weighted by Gasteiger charge is -2.48. The Morgan fingerprint density at radius 1 is 1.03 bits per heavy atom. The molecule has 2 heterocycles. The highest BCUT2D eigenvalue weighted by Gasteiger charge is 2.38. The molecule has 1 aromatic carbocycles. The van der Waals surface area contributed by atoms with Crippen LogP contribution in [0.15, 0.2) is 29.3 Å². The number of likely N-dealkylation sites (tertiary alicyclic amines) is 1. The highest BCUT2D eigenvalue weighted by Crippen LogP contribution is 2.33. The highest BCUT2D eigenvalue weighted by atomic mass is 16.5. The summed E-state index contributed by atoms with van der Waals surface area (Å²) in [5, 5.41) is 7.15. The van der Waals surface area contributed by atoms with Crippen LogP contribution in [0.25, 0.3) is 0 Å². The first-order valence-electron chi connectivity index (χ1n) is 12.3. The van der Waals surface area contributed by atoms with E-state index >= 15 is 0 Å². The molecule has 2 aliphatic heterocycles. The SMILES string of the molecule is CN=C(NCc1ccccc1CN1CCCC1=O)NCC1(N2CCOCC2)CCCCC1. The maximum absolute atomic E-state index is 12.1. The zero-order chi connectivity index (χ0) is 22.2. The molecular formula is C25H39N5O2. The molecule has 0 spiro atoms. The smallest absolute Gasteiger partial charge is 0.222 e. The summed E-state index contributed by atoms with van der Waals surface area (Å²) in [6, 6.07) is 8.40. The van der Waals surface area contributed by atoms with Crippen molar-refractivity contribution in [3.63, 3.8) is 0 Å². The minimum absolute atomic E-state index is 0.202. The quantitative estimate of drug-likeness (QED) is 0.503. The first kappa shape index (κ1) is 23.1. The Bertz CT molecular complexity index is 784. The number of amides is 1. The first-order valence-corrected chi connectivity index (χ1v) is 12.3. The second-order valence-electron chi connectivity index (χ2n) is 9.35. The van der Waals surface area contributed by atoms with Crippen molar-refractivity contribution < 1.29 is 9.53 Å². The lowest BCUT2D eigenvalue weighted by molar-refractivity contribution is -0.128. The summed E-state index contributed by atoms with van der Waals surface area (Å²) in [5.74, 6) is 1.11. The molecule has 1 aromatic rings. The van der Waals surface area contributed by atoms with Crippen molar-refractivity contribution in [3.05, 3.63) is 35.4 Å². The molecule has 0 atom stereocenters. The Morgan fingerprint density at radius 3 is 2.47 bits per heavy atom. The van der Waals surface area contributed by atoms with E-state index in [9.17, 15) is 4.79 Å². The van der Waals surface area contributed by atoms with Gasteiger partial charge < -0.3 is 20.3 Å². The monoisotopic (exact) mass is 441 g/mol. The van der Waals surface area contributed by atoms with E-state index in [0.29, 0.717) is 19.5 Å². The number of rotatable bonds is 7. The molecule has 32 heavy (non-hydrogen) atoms. The third-order valence-corrected chi connectivity index (χ3v) is 7.37. The van der Waals surface area contributed by atoms with Crippen molar-refractivity contribution >= 4 is 11.9 Å². The van der Waals surface area contributed by atoms with Crippen LogP contribution in [0.3, 0.4) is 0 Å². The van der Waals surface area contributed by atoms with Crippen molar-refractivity contribution in [1.29, 1.82) is 0 Å². The van der Waals surface area contributed by atoms with Gasteiger partial charge in [-0.25, -0.2) is 0 Å². The fourth-order valence-corrected chi connectivity index (χ4v) is 5.46. The van der Waals surface area contributed by atoms with Gasteiger partial charge in [-0.15, -0.1) is 0 Å². The van der Waals surface area contributed by atoms with Crippen molar-refractivity contribution in [2.45, 2.75) is 63.6 Å². The summed E-state index contributed by atoms with van der Waals surface area (Å²) in [6.07, 6.45) is 8.08. The number of benzene rings is 1. The van der Waals surface area contributed by atoms with Crippen LogP contribution in [-0.4, -0.2) is 73.6 Å². The van der Waals surface area contributed by atoms with Gasteiger partial charge in [-0.3, -0.25) is 14.7 Å². The molecule has 1 saturated carbocycles. The summed E-state index contributed by atoms with van der Waals surface area (Å²) >= 11 is 0. The Kier molecular flexibility index (Phi) is 8.03. The van der Waals surface area contributed by atoms with Gasteiger partial charge in [0.05, 0.1) is 13.2 Å². The molecular weight excluding hydrogens is 402 g/mol. The minimum atomic E-state index is 0.202. The van der Waals surface area contributed by atoms with Gasteiger partial charge in [-0.05, 0) is 30.4 Å². The van der Waals surface area contributed by atoms with E-state index in [0.717, 1.165) is 51.8 Å². The molecule has 0 radical (unpaired) electrons. The molecule has 1 aliphatic carbocycles. The number of hydrogen-bond donors (Lipinski definition) is 2. The van der Waals surface area contributed by atoms with Crippen molar-refractivity contribution in [2.24, 2.45) is 4.99 Å². The molecule has 3 aliphatic rings. The highest BCUT2D eigenvalue weighted by molar-refractivity contribution is 5.80. The predicted octanol–water partition coefficient (Wildman–Crippen LogP) is 2.51. The second-order valence-corrected chi connectivity index (χ2v) is 9.35. The number of nitrogens with zero attached hydrogens (tertiary/aromatic N) is 3. The second kappa shape index (κ2) is 11.1. The zero-order valence-corrected chi connectivity index (χ0v) is 19.6. The lowest BCUT2D eigenvalue weighted by atomic mass is 9.80. The number of morpholine rings is 1. The average molecular weight is 442 g/mol. The van der Waals surface area contributed by atoms with Gasteiger partial charge in [-0.2, -0.15) is 0 Å². The zero-order valence-electron chi connectivity index (χ0n) is 19.6. The van der Waals surface area contributed by atoms with Gasteiger partial charge in [0.25, 0.3) is 0 Å². The molecule has 7 heteroatoms. The fourth-order valence-electron chi connectivity index (χ4n) is 5.46. The molecule has 176 valence electrons. The van der Waals surface area contributed by atoms with Crippen molar-refractivity contribution in [3.8, 4) is 0 Å². The number of carbonyl (C=O) groups is 1. The summed E-state index contributed by atoms with van der Waals surface area (Å²) < 4.78 is 5.61. The van der Waals surface area contributed by atoms with Crippen LogP contribution in [-0.2, 0) is 22.6 Å². The van der Waals surface area contributed by atoms with E-state index in [1.165, 1.54) is 43.2 Å². The van der Waals surface area contributed by atoms with Crippen LogP contribution < -0.4 is 10.6 Å². The Balaban J connectivity index is 1.35. The molecule has 2 saturated heterocycles. The van der Waals surface area contributed by atoms with Gasteiger partial charge in [0, 0.05) is 58.3 Å². The number of guanidine groups is 1. The van der Waals surface area contributed by atoms with Crippen LogP contribution >= 0.6 is 0 Å². The lowest BCUT2D eigenvalue weighted by Crippen LogP contribution is -2.60. The van der Waals surface area contributed by atoms with Crippen LogP contribution in [0.2, 0.25) is 0 Å². The number of ether oxygens (including phenoxy) is 1. The topological polar surface area (TPSA) is 69.2 Å². The first-order chi connectivity index (χ1) is 15.7. The van der Waals surface area contributed by atoms with Crippen LogP contribution in [0.4, 0.5) is 0 Å². The molecule has 0 bridgehead atoms. The van der Waals surface area contributed by atoms with Crippen LogP contribution in [0.1, 0.15) is 56.1 Å². The Hall–Kier alpha value is -2.12. The van der Waals surface area contributed by atoms with E-state index in [1.54, 1.807) is 0 Å². The van der Waals surface area contributed by atoms with Crippen LogP contribution in [0.5, 0.6) is 0 Å². The maximum atomic E-state index is 12.1. The fraction of sp³-hybridized carbons (Fsp3) is 0.680. The Morgan fingerprint density at radius 2 is 1.78 bits per heavy atom. The van der Waals surface area contributed by atoms with Gasteiger partial charge in [0.15, 0.2) is 5.96 Å². The third-order valence-electron chi connectivity index (χ3n) is 7.37. The van der Waals surface area contributed by atoms with E-state index in [2.05, 4.69) is 44.8 Å². The van der Waals surface area contributed by atoms with Crippen LogP contribution in [0, 0.1) is 0 Å². The summed E-state index contributed by atoms with van der Waals surface area (Å²) in [4.78, 5) is 21.2. The van der Waals surface area contributed by atoms with Crippen molar-refractivity contribution in [1.82, 2.24) is 20.4 Å². The largest absolute Gasteiger partial charge is 0.379 e. The maximum Gasteiger partial charge on any atom is 0.222 e. The molecule has 0 aromatic heterocycles. The third kappa shape index (κ3) is 5.62. The predicted molar refractivity (Wildman–Crippen MR) is 128 cm³/mol. The molecule has 2 N–H and O–H groups in total. The molecule has 3 fully saturated rings. The van der Waals surface area contributed by atoms with Gasteiger partial charge in [0.1, 0.15) is 0 Å². The van der Waals surface area contributed by atoms with E-state index in [4.69, 9.17) is 4.74 Å². The number of nitrogens with one attached hydrogen (secondary N) is 2. The molecule has 0 unspecified atom stereocenters. The number of aliphatic imine (C=N–C) groups is 1. The van der Waals surface area contributed by atoms with E-state index < -0.39 is 0 Å². The van der Waals surface area contributed by atoms with Gasteiger partial charge >= 0.3 is 0 Å². The standard InChI is InChI=1S/C25H39N5O2/c1-26-24(28-20-25(11-5-2-6-12-25)30-14-16-32-17-15-30)27-18-21-8-3-4-9-22(21)19-29-13-7-10-23(29)31/h3-4,8-9H,2,5-7,10-20H2,1H3,(H2,26,27,28). The van der Waals surface area contributed by atoms with Gasteiger partial charge in [0.2, 0.25) is 5.91 Å². The Labute approximate surface area is 192 Å². The number of hydrogen-bond acceptors (Lipinski definition) is 4. The molecule has 4 rings (SSSR count). The summed E-state index contributed by atoms with van der Waals surface area (Å²) in [5.41, 5.74) is 2.63. The van der Waals surface area contributed by atoms with Crippen molar-refractivity contribution in [2.75, 3.05) is 46.4 Å². The van der Waals surface area contributed by atoms with E-state index in [1.807, 2.05) is 11.9 Å². The van der Waals surface area contributed by atoms with E-state index in [-0.39, 0.29) is 11.4 Å². The normalized spacial score (nSPS) is 22.2. The molecule has 7 nitrogen and oxygen atoms in total. The van der Waals surface area contributed by atoms with Gasteiger partial charge in [-0.1, -0.05) is 43.5 Å². The minimum Gasteiger partial charge on any atom is -0.379 e. The average Bonchev–Trinajstić information content (AvgIpc) is 3.25. The summed E-state index contributed by atoms with van der Waals surface area (Å²) in [7, 11) is 1.84.